The van der Waals surface area contributed by atoms with Crippen LogP contribution >= 0.6 is 11.8 Å². The zero-order valence-corrected chi connectivity index (χ0v) is 12.8. The first-order chi connectivity index (χ1) is 9.19. The Morgan fingerprint density at radius 2 is 2.05 bits per heavy atom. The van der Waals surface area contributed by atoms with Crippen LogP contribution in [0.25, 0.3) is 0 Å². The number of hydrogen-bond donors (Lipinski definition) is 2. The molecule has 106 valence electrons. The molecular weight excluding hydrogens is 256 g/mol. The molecule has 1 rings (SSSR count). The number of thioether (sulfide) groups is 1. The molecule has 0 radical (unpaired) electrons. The van der Waals surface area contributed by atoms with E-state index < -0.39 is 0 Å². The largest absolute Gasteiger partial charge is 0.384 e. The lowest BCUT2D eigenvalue weighted by molar-refractivity contribution is 0.0954. The minimum absolute atomic E-state index is 0.00695. The lowest BCUT2D eigenvalue weighted by Crippen LogP contribution is -2.26. The van der Waals surface area contributed by atoms with Crippen LogP contribution < -0.4 is 10.6 Å². The van der Waals surface area contributed by atoms with Gasteiger partial charge in [-0.15, -0.1) is 0 Å². The molecule has 0 aliphatic carbocycles. The Bertz CT molecular complexity index is 395. The first-order valence-corrected chi connectivity index (χ1v) is 8.11. The third-order valence-electron chi connectivity index (χ3n) is 2.98. The summed E-state index contributed by atoms with van der Waals surface area (Å²) in [6.45, 7) is 5.89. The molecule has 0 bridgehead atoms. The number of benzene rings is 1. The molecule has 0 fully saturated rings. The Kier molecular flexibility index (Phi) is 7.41. The van der Waals surface area contributed by atoms with E-state index in [1.54, 1.807) is 0 Å². The van der Waals surface area contributed by atoms with Crippen molar-refractivity contribution < 1.29 is 4.79 Å². The van der Waals surface area contributed by atoms with Crippen LogP contribution in [-0.2, 0) is 0 Å². The van der Waals surface area contributed by atoms with Crippen molar-refractivity contribution in [1.82, 2.24) is 5.32 Å². The second-order valence-electron chi connectivity index (χ2n) is 4.56. The van der Waals surface area contributed by atoms with Crippen molar-refractivity contribution in [3.63, 3.8) is 0 Å². The van der Waals surface area contributed by atoms with Gasteiger partial charge >= 0.3 is 0 Å². The van der Waals surface area contributed by atoms with Crippen molar-refractivity contribution in [2.75, 3.05) is 24.7 Å². The molecule has 0 saturated heterocycles. The lowest BCUT2D eigenvalue weighted by Gasteiger charge is -2.12. The molecule has 2 N–H and O–H groups in total. The van der Waals surface area contributed by atoms with Gasteiger partial charge in [-0.1, -0.05) is 26.0 Å². The van der Waals surface area contributed by atoms with Gasteiger partial charge in [0, 0.05) is 24.0 Å². The molecule has 1 atom stereocenters. The fourth-order valence-electron chi connectivity index (χ4n) is 1.70. The highest BCUT2D eigenvalue weighted by molar-refractivity contribution is 7.99. The Morgan fingerprint density at radius 3 is 2.74 bits per heavy atom. The van der Waals surface area contributed by atoms with Crippen LogP contribution in [0.4, 0.5) is 5.69 Å². The van der Waals surface area contributed by atoms with Gasteiger partial charge in [-0.3, -0.25) is 4.79 Å². The minimum Gasteiger partial charge on any atom is -0.384 e. The number of rotatable bonds is 8. The maximum Gasteiger partial charge on any atom is 0.253 e. The Balaban J connectivity index is 2.55. The van der Waals surface area contributed by atoms with Crippen molar-refractivity contribution in [1.29, 1.82) is 0 Å². The lowest BCUT2D eigenvalue weighted by atomic mass is 10.1. The van der Waals surface area contributed by atoms with E-state index in [1.165, 1.54) is 0 Å². The van der Waals surface area contributed by atoms with E-state index in [9.17, 15) is 4.79 Å². The Hall–Kier alpha value is -1.16. The summed E-state index contributed by atoms with van der Waals surface area (Å²) < 4.78 is 0. The van der Waals surface area contributed by atoms with E-state index in [4.69, 9.17) is 0 Å². The molecule has 0 heterocycles. The smallest absolute Gasteiger partial charge is 0.253 e. The van der Waals surface area contributed by atoms with E-state index in [-0.39, 0.29) is 5.91 Å². The van der Waals surface area contributed by atoms with Gasteiger partial charge in [0.05, 0.1) is 5.56 Å². The number of para-hydroxylation sites is 1. The third kappa shape index (κ3) is 5.55. The first kappa shape index (κ1) is 15.9. The molecule has 3 nitrogen and oxygen atoms in total. The van der Waals surface area contributed by atoms with Crippen molar-refractivity contribution in [3.8, 4) is 0 Å². The quantitative estimate of drug-likeness (QED) is 0.767. The molecule has 1 aromatic rings. The molecule has 0 saturated carbocycles. The highest BCUT2D eigenvalue weighted by atomic mass is 32.2. The predicted octanol–water partition coefficient (Wildman–Crippen LogP) is 3.38. The van der Waals surface area contributed by atoms with Crippen LogP contribution in [0.5, 0.6) is 0 Å². The Morgan fingerprint density at radius 1 is 1.32 bits per heavy atom. The van der Waals surface area contributed by atoms with Crippen LogP contribution in [0.3, 0.4) is 0 Å². The SMILES string of the molecule is CCCNc1ccccc1C(=O)NCCC(C)SC. The van der Waals surface area contributed by atoms with E-state index in [2.05, 4.69) is 30.7 Å². The molecule has 1 aromatic carbocycles. The van der Waals surface area contributed by atoms with Gasteiger partial charge < -0.3 is 10.6 Å². The van der Waals surface area contributed by atoms with Crippen molar-refractivity contribution in [3.05, 3.63) is 29.8 Å². The highest BCUT2D eigenvalue weighted by Crippen LogP contribution is 2.15. The van der Waals surface area contributed by atoms with Crippen LogP contribution in [0.1, 0.15) is 37.0 Å². The molecule has 0 spiro atoms. The fraction of sp³-hybridized carbons (Fsp3) is 0.533. The molecule has 0 aliphatic rings. The van der Waals surface area contributed by atoms with Gasteiger partial charge in [-0.25, -0.2) is 0 Å². The average Bonchev–Trinajstić information content (AvgIpc) is 2.45. The van der Waals surface area contributed by atoms with Gasteiger partial charge in [0.1, 0.15) is 0 Å². The zero-order valence-electron chi connectivity index (χ0n) is 12.0. The predicted molar refractivity (Wildman–Crippen MR) is 85.1 cm³/mol. The van der Waals surface area contributed by atoms with E-state index >= 15 is 0 Å². The summed E-state index contributed by atoms with van der Waals surface area (Å²) in [5, 5.41) is 6.86. The summed E-state index contributed by atoms with van der Waals surface area (Å²) in [6, 6.07) is 7.67. The molecule has 4 heteroatoms. The van der Waals surface area contributed by atoms with Gasteiger partial charge in [0.25, 0.3) is 5.91 Å². The van der Waals surface area contributed by atoms with E-state index in [1.807, 2.05) is 36.0 Å². The van der Waals surface area contributed by atoms with Gasteiger partial charge in [0.2, 0.25) is 0 Å². The van der Waals surface area contributed by atoms with E-state index in [0.29, 0.717) is 5.25 Å². The third-order valence-corrected chi connectivity index (χ3v) is 4.02. The van der Waals surface area contributed by atoms with Gasteiger partial charge in [-0.2, -0.15) is 11.8 Å². The van der Waals surface area contributed by atoms with E-state index in [0.717, 1.165) is 37.2 Å². The number of hydrogen-bond acceptors (Lipinski definition) is 3. The summed E-state index contributed by atoms with van der Waals surface area (Å²) >= 11 is 1.82. The van der Waals surface area contributed by atoms with Crippen molar-refractivity contribution in [2.45, 2.75) is 31.9 Å². The summed E-state index contributed by atoms with van der Waals surface area (Å²) in [4.78, 5) is 12.1. The Labute approximate surface area is 120 Å². The molecule has 0 aromatic heterocycles. The monoisotopic (exact) mass is 280 g/mol. The number of amides is 1. The molecule has 1 amide bonds. The second-order valence-corrected chi connectivity index (χ2v) is 5.84. The topological polar surface area (TPSA) is 41.1 Å². The zero-order chi connectivity index (χ0) is 14.1. The van der Waals surface area contributed by atoms with Gasteiger partial charge in [0.15, 0.2) is 0 Å². The van der Waals surface area contributed by atoms with Crippen LogP contribution in [-0.4, -0.2) is 30.5 Å². The minimum atomic E-state index is 0.00695. The highest BCUT2D eigenvalue weighted by Gasteiger charge is 2.10. The van der Waals surface area contributed by atoms with Gasteiger partial charge in [-0.05, 0) is 31.2 Å². The molecule has 1 unspecified atom stereocenters. The number of carbonyl (C=O) groups excluding carboxylic acids is 1. The first-order valence-electron chi connectivity index (χ1n) is 6.83. The maximum absolute atomic E-state index is 12.1. The summed E-state index contributed by atoms with van der Waals surface area (Å²) in [5.74, 6) is 0.00695. The van der Waals surface area contributed by atoms with Crippen LogP contribution in [0.2, 0.25) is 0 Å². The summed E-state index contributed by atoms with van der Waals surface area (Å²) in [5.41, 5.74) is 1.65. The number of anilines is 1. The fourth-order valence-corrected chi connectivity index (χ4v) is 2.05. The number of carbonyl (C=O) groups is 1. The standard InChI is InChI=1S/C15H24N2OS/c1-4-10-16-14-8-6-5-7-13(14)15(18)17-11-9-12(2)19-3/h5-8,12,16H,4,9-11H2,1-3H3,(H,17,18). The van der Waals surface area contributed by atoms with Crippen LogP contribution in [0.15, 0.2) is 24.3 Å². The van der Waals surface area contributed by atoms with Crippen LogP contribution in [0, 0.1) is 0 Å². The normalized spacial score (nSPS) is 11.9. The maximum atomic E-state index is 12.1. The van der Waals surface area contributed by atoms with Crippen molar-refractivity contribution in [2.24, 2.45) is 0 Å². The summed E-state index contributed by atoms with van der Waals surface area (Å²) in [6.07, 6.45) is 4.13. The number of nitrogens with one attached hydrogen (secondary N) is 2. The summed E-state index contributed by atoms with van der Waals surface area (Å²) in [7, 11) is 0. The average molecular weight is 280 g/mol. The molecule has 19 heavy (non-hydrogen) atoms. The second kappa shape index (κ2) is 8.86. The molecule has 0 aliphatic heterocycles. The van der Waals surface area contributed by atoms with Crippen molar-refractivity contribution >= 4 is 23.4 Å². The molecular formula is C15H24N2OS.